The second-order valence-electron chi connectivity index (χ2n) is 4.99. The molecule has 0 bridgehead atoms. The highest BCUT2D eigenvalue weighted by atomic mass is 32.2. The van der Waals surface area contributed by atoms with E-state index in [0.29, 0.717) is 18.9 Å². The zero-order valence-corrected chi connectivity index (χ0v) is 11.1. The Morgan fingerprint density at radius 1 is 1.47 bits per heavy atom. The third-order valence-corrected chi connectivity index (χ3v) is 4.54. The third kappa shape index (κ3) is 2.52. The number of rotatable bonds is 3. The fourth-order valence-electron chi connectivity index (χ4n) is 2.24. The first kappa shape index (κ1) is 12.6. The van der Waals surface area contributed by atoms with Crippen LogP contribution in [-0.2, 0) is 35.1 Å². The summed E-state index contributed by atoms with van der Waals surface area (Å²) in [6.07, 6.45) is 0.558. The smallest absolute Gasteiger partial charge is 0.156 e. The van der Waals surface area contributed by atoms with E-state index in [1.807, 2.05) is 4.68 Å². The molecule has 0 atom stereocenters. The highest BCUT2D eigenvalue weighted by molar-refractivity contribution is 7.90. The molecule has 17 heavy (non-hydrogen) atoms. The van der Waals surface area contributed by atoms with E-state index in [-0.39, 0.29) is 11.5 Å². The van der Waals surface area contributed by atoms with Crippen molar-refractivity contribution in [3.8, 4) is 0 Å². The van der Waals surface area contributed by atoms with Crippen LogP contribution in [0.25, 0.3) is 0 Å². The zero-order valence-electron chi connectivity index (χ0n) is 10.3. The van der Waals surface area contributed by atoms with E-state index in [0.717, 1.165) is 23.5 Å². The predicted molar refractivity (Wildman–Crippen MR) is 66.2 cm³/mol. The lowest BCUT2D eigenvalue weighted by Crippen LogP contribution is -2.22. The van der Waals surface area contributed by atoms with E-state index >= 15 is 0 Å². The Kier molecular flexibility index (Phi) is 3.27. The minimum Gasteiger partial charge on any atom is -0.325 e. The lowest BCUT2D eigenvalue weighted by atomic mass is 10.1. The Bertz CT molecular complexity index is 517. The molecule has 2 rings (SSSR count). The normalized spacial score (nSPS) is 18.4. The topological polar surface area (TPSA) is 78.0 Å². The van der Waals surface area contributed by atoms with Crippen LogP contribution in [-0.4, -0.2) is 24.0 Å². The second-order valence-corrected chi connectivity index (χ2v) is 7.18. The molecule has 0 aromatic carbocycles. The van der Waals surface area contributed by atoms with Crippen LogP contribution in [0.2, 0.25) is 0 Å². The summed E-state index contributed by atoms with van der Waals surface area (Å²) < 4.78 is 25.2. The van der Waals surface area contributed by atoms with E-state index in [4.69, 9.17) is 5.73 Å². The fraction of sp³-hybridized carbons (Fsp3) is 0.727. The van der Waals surface area contributed by atoms with Crippen LogP contribution in [0.4, 0.5) is 0 Å². The molecule has 6 heteroatoms. The van der Waals surface area contributed by atoms with Crippen LogP contribution in [0, 0.1) is 5.92 Å². The van der Waals surface area contributed by atoms with Gasteiger partial charge in [-0.05, 0) is 17.9 Å². The zero-order chi connectivity index (χ0) is 12.6. The van der Waals surface area contributed by atoms with Crippen LogP contribution in [0.5, 0.6) is 0 Å². The van der Waals surface area contributed by atoms with Gasteiger partial charge in [0.05, 0.1) is 22.9 Å². The average Bonchev–Trinajstić information content (AvgIpc) is 2.54. The molecule has 0 saturated carbocycles. The van der Waals surface area contributed by atoms with Gasteiger partial charge in [-0.1, -0.05) is 13.8 Å². The van der Waals surface area contributed by atoms with E-state index < -0.39 is 9.84 Å². The number of nitrogens with zero attached hydrogens (tertiary/aromatic N) is 2. The van der Waals surface area contributed by atoms with Crippen molar-refractivity contribution in [2.45, 2.75) is 39.1 Å². The van der Waals surface area contributed by atoms with Crippen molar-refractivity contribution >= 4 is 9.84 Å². The van der Waals surface area contributed by atoms with E-state index in [1.54, 1.807) is 0 Å². The lowest BCUT2D eigenvalue weighted by molar-refractivity contribution is 0.468. The van der Waals surface area contributed by atoms with Crippen molar-refractivity contribution < 1.29 is 8.42 Å². The number of hydrogen-bond acceptors (Lipinski definition) is 4. The fourth-order valence-corrected chi connectivity index (χ4v) is 3.64. The summed E-state index contributed by atoms with van der Waals surface area (Å²) in [5.41, 5.74) is 8.43. The maximum Gasteiger partial charge on any atom is 0.156 e. The molecule has 2 heterocycles. The number of hydrogen-bond donors (Lipinski definition) is 1. The molecular formula is C11H19N3O2S. The first-order chi connectivity index (χ1) is 7.93. The molecule has 5 nitrogen and oxygen atoms in total. The quantitative estimate of drug-likeness (QED) is 0.853. The lowest BCUT2D eigenvalue weighted by Gasteiger charge is -2.16. The molecule has 0 unspecified atom stereocenters. The van der Waals surface area contributed by atoms with Gasteiger partial charge in [-0.2, -0.15) is 5.10 Å². The summed E-state index contributed by atoms with van der Waals surface area (Å²) in [5, 5.41) is 4.44. The molecule has 1 aliphatic rings. The Hall–Kier alpha value is -0.880. The predicted octanol–water partition coefficient (Wildman–Crippen LogP) is 0.469. The summed E-state index contributed by atoms with van der Waals surface area (Å²) in [5.74, 6) is 0.775. The van der Waals surface area contributed by atoms with Gasteiger partial charge < -0.3 is 5.73 Å². The molecule has 0 fully saturated rings. The molecule has 0 amide bonds. The van der Waals surface area contributed by atoms with Crippen LogP contribution in [0.1, 0.15) is 30.8 Å². The SMILES string of the molecule is CC(C)Cn1nc(CN)c2c1CS(=O)(=O)CC2. The molecule has 0 aliphatic carbocycles. The first-order valence-corrected chi connectivity index (χ1v) is 7.73. The van der Waals surface area contributed by atoms with Gasteiger partial charge in [0, 0.05) is 13.1 Å². The maximum atomic E-state index is 11.7. The third-order valence-electron chi connectivity index (χ3n) is 3.00. The first-order valence-electron chi connectivity index (χ1n) is 5.91. The minimum atomic E-state index is -2.95. The van der Waals surface area contributed by atoms with Gasteiger partial charge in [0.15, 0.2) is 9.84 Å². The standard InChI is InChI=1S/C11H19N3O2S/c1-8(2)6-14-11-7-17(15,16)4-3-9(11)10(5-12)13-14/h8H,3-7,12H2,1-2H3. The van der Waals surface area contributed by atoms with Crippen molar-refractivity contribution in [2.24, 2.45) is 11.7 Å². The largest absolute Gasteiger partial charge is 0.325 e. The van der Waals surface area contributed by atoms with Gasteiger partial charge in [0.25, 0.3) is 0 Å². The molecule has 1 aliphatic heterocycles. The van der Waals surface area contributed by atoms with Crippen molar-refractivity contribution in [1.29, 1.82) is 0 Å². The molecule has 0 radical (unpaired) electrons. The van der Waals surface area contributed by atoms with Crippen LogP contribution in [0.3, 0.4) is 0 Å². The summed E-state index contributed by atoms with van der Waals surface area (Å²) in [4.78, 5) is 0. The Morgan fingerprint density at radius 3 is 2.76 bits per heavy atom. The Labute approximate surface area is 102 Å². The van der Waals surface area contributed by atoms with Crippen molar-refractivity contribution in [2.75, 3.05) is 5.75 Å². The molecule has 96 valence electrons. The van der Waals surface area contributed by atoms with Gasteiger partial charge in [0.2, 0.25) is 0 Å². The monoisotopic (exact) mass is 257 g/mol. The van der Waals surface area contributed by atoms with Crippen LogP contribution >= 0.6 is 0 Å². The maximum absolute atomic E-state index is 11.7. The number of sulfone groups is 1. The highest BCUT2D eigenvalue weighted by Gasteiger charge is 2.28. The summed E-state index contributed by atoms with van der Waals surface area (Å²) in [6.45, 7) is 5.31. The summed E-state index contributed by atoms with van der Waals surface area (Å²) in [7, 11) is -2.95. The molecule has 1 aromatic rings. The Morgan fingerprint density at radius 2 is 2.18 bits per heavy atom. The van der Waals surface area contributed by atoms with E-state index in [2.05, 4.69) is 18.9 Å². The van der Waals surface area contributed by atoms with Gasteiger partial charge >= 0.3 is 0 Å². The van der Waals surface area contributed by atoms with Crippen LogP contribution in [0.15, 0.2) is 0 Å². The summed E-state index contributed by atoms with van der Waals surface area (Å²) in [6, 6.07) is 0. The Balaban J connectivity index is 2.45. The number of nitrogens with two attached hydrogens (primary N) is 1. The van der Waals surface area contributed by atoms with Crippen molar-refractivity contribution in [1.82, 2.24) is 9.78 Å². The second kappa shape index (κ2) is 4.42. The molecule has 2 N–H and O–H groups in total. The van der Waals surface area contributed by atoms with Gasteiger partial charge in [-0.15, -0.1) is 0 Å². The van der Waals surface area contributed by atoms with Crippen molar-refractivity contribution in [3.63, 3.8) is 0 Å². The van der Waals surface area contributed by atoms with Gasteiger partial charge in [-0.25, -0.2) is 8.42 Å². The highest BCUT2D eigenvalue weighted by Crippen LogP contribution is 2.24. The van der Waals surface area contributed by atoms with Crippen LogP contribution < -0.4 is 5.73 Å². The van der Waals surface area contributed by atoms with E-state index in [9.17, 15) is 8.42 Å². The molecular weight excluding hydrogens is 238 g/mol. The summed E-state index contributed by atoms with van der Waals surface area (Å²) >= 11 is 0. The average molecular weight is 257 g/mol. The number of fused-ring (bicyclic) bond motifs is 1. The van der Waals surface area contributed by atoms with E-state index in [1.165, 1.54) is 0 Å². The van der Waals surface area contributed by atoms with Gasteiger partial charge in [-0.3, -0.25) is 4.68 Å². The number of aromatic nitrogens is 2. The molecule has 0 spiro atoms. The minimum absolute atomic E-state index is 0.113. The molecule has 0 saturated heterocycles. The van der Waals surface area contributed by atoms with Gasteiger partial charge in [0.1, 0.15) is 0 Å². The molecule has 1 aromatic heterocycles. The van der Waals surface area contributed by atoms with Crippen molar-refractivity contribution in [3.05, 3.63) is 17.0 Å².